The first-order chi connectivity index (χ1) is 13.7. The molecule has 1 saturated carbocycles. The van der Waals surface area contributed by atoms with E-state index in [2.05, 4.69) is 16.3 Å². The van der Waals surface area contributed by atoms with Gasteiger partial charge in [-0.1, -0.05) is 12.1 Å². The van der Waals surface area contributed by atoms with Gasteiger partial charge in [0.2, 0.25) is 5.95 Å². The van der Waals surface area contributed by atoms with E-state index in [1.165, 1.54) is 5.56 Å². The Hall–Kier alpha value is -1.99. The van der Waals surface area contributed by atoms with Gasteiger partial charge in [0.1, 0.15) is 11.6 Å². The minimum absolute atomic E-state index is 0.154. The topological polar surface area (TPSA) is 81.5 Å². The lowest BCUT2D eigenvalue weighted by molar-refractivity contribution is 0.265. The summed E-state index contributed by atoms with van der Waals surface area (Å²) in [5.41, 5.74) is 2.18. The SMILES string of the molecule is OCC1(Nc2nc(N3CCC(c4cccc(O)c4)CC3)nc3c2SCC3)CC1. The summed E-state index contributed by atoms with van der Waals surface area (Å²) in [4.78, 5) is 13.2. The number of fused-ring (bicyclic) bond motifs is 1. The smallest absolute Gasteiger partial charge is 0.227 e. The van der Waals surface area contributed by atoms with E-state index < -0.39 is 0 Å². The van der Waals surface area contributed by atoms with Gasteiger partial charge in [-0.25, -0.2) is 4.98 Å². The van der Waals surface area contributed by atoms with Crippen LogP contribution in [-0.4, -0.2) is 51.2 Å². The molecular formula is C21H26N4O2S. The normalized spacial score (nSPS) is 20.8. The number of piperidine rings is 1. The molecule has 0 unspecified atom stereocenters. The van der Waals surface area contributed by atoms with E-state index >= 15 is 0 Å². The number of phenolic OH excluding ortho intramolecular Hbond substituents is 1. The van der Waals surface area contributed by atoms with Crippen LogP contribution < -0.4 is 10.2 Å². The van der Waals surface area contributed by atoms with Gasteiger partial charge in [-0.05, 0) is 49.3 Å². The molecule has 0 bridgehead atoms. The summed E-state index contributed by atoms with van der Waals surface area (Å²) >= 11 is 1.82. The average Bonchev–Trinajstić information content (AvgIpc) is 3.33. The number of phenols is 1. The second-order valence-corrected chi connectivity index (χ2v) is 9.27. The van der Waals surface area contributed by atoms with Crippen molar-refractivity contribution >= 4 is 23.5 Å². The Morgan fingerprint density at radius 1 is 1.21 bits per heavy atom. The Kier molecular flexibility index (Phi) is 4.59. The highest BCUT2D eigenvalue weighted by Crippen LogP contribution is 2.43. The van der Waals surface area contributed by atoms with Gasteiger partial charge in [0.15, 0.2) is 0 Å². The molecule has 0 atom stereocenters. The molecule has 3 heterocycles. The molecule has 1 saturated heterocycles. The highest BCUT2D eigenvalue weighted by atomic mass is 32.2. The Bertz CT molecular complexity index is 879. The quantitative estimate of drug-likeness (QED) is 0.714. The van der Waals surface area contributed by atoms with Crippen molar-refractivity contribution in [3.63, 3.8) is 0 Å². The van der Waals surface area contributed by atoms with E-state index in [-0.39, 0.29) is 12.1 Å². The minimum atomic E-state index is -0.176. The van der Waals surface area contributed by atoms with Crippen molar-refractivity contribution in [1.82, 2.24) is 9.97 Å². The number of thioether (sulfide) groups is 1. The number of hydrogen-bond acceptors (Lipinski definition) is 7. The number of hydrogen-bond donors (Lipinski definition) is 3. The molecule has 0 amide bonds. The second-order valence-electron chi connectivity index (χ2n) is 8.17. The van der Waals surface area contributed by atoms with Gasteiger partial charge in [0, 0.05) is 25.3 Å². The van der Waals surface area contributed by atoms with E-state index in [0.29, 0.717) is 11.7 Å². The molecular weight excluding hydrogens is 372 g/mol. The fourth-order valence-electron chi connectivity index (χ4n) is 4.20. The van der Waals surface area contributed by atoms with Gasteiger partial charge in [0.25, 0.3) is 0 Å². The van der Waals surface area contributed by atoms with Crippen LogP contribution in [0.5, 0.6) is 5.75 Å². The van der Waals surface area contributed by atoms with Crippen LogP contribution in [0.1, 0.15) is 42.9 Å². The lowest BCUT2D eigenvalue weighted by atomic mass is 9.89. The molecule has 2 aliphatic heterocycles. The third-order valence-electron chi connectivity index (χ3n) is 6.17. The molecule has 0 radical (unpaired) electrons. The van der Waals surface area contributed by atoms with E-state index in [9.17, 15) is 10.2 Å². The summed E-state index contributed by atoms with van der Waals surface area (Å²) in [6.07, 6.45) is 5.04. The van der Waals surface area contributed by atoms with E-state index in [1.807, 2.05) is 23.9 Å². The highest BCUT2D eigenvalue weighted by molar-refractivity contribution is 7.99. The first kappa shape index (κ1) is 18.1. The van der Waals surface area contributed by atoms with Gasteiger partial charge >= 0.3 is 0 Å². The standard InChI is InChI=1S/C21H26N4O2S/c26-13-21(7-8-21)24-19-18-17(6-11-28-18)22-20(23-19)25-9-4-14(5-10-25)15-2-1-3-16(27)12-15/h1-3,12,14,26-27H,4-11,13H2,(H,22,23,24). The lowest BCUT2D eigenvalue weighted by Crippen LogP contribution is -2.35. The van der Waals surface area contributed by atoms with Crippen LogP contribution in [-0.2, 0) is 6.42 Å². The molecule has 6 nitrogen and oxygen atoms in total. The monoisotopic (exact) mass is 398 g/mol. The maximum atomic E-state index is 9.75. The Morgan fingerprint density at radius 3 is 2.75 bits per heavy atom. The third kappa shape index (κ3) is 3.42. The molecule has 3 aliphatic rings. The van der Waals surface area contributed by atoms with Crippen molar-refractivity contribution in [2.75, 3.05) is 35.7 Å². The molecule has 7 heteroatoms. The largest absolute Gasteiger partial charge is 0.508 e. The second kappa shape index (κ2) is 7.12. The highest BCUT2D eigenvalue weighted by Gasteiger charge is 2.43. The Morgan fingerprint density at radius 2 is 2.04 bits per heavy atom. The average molecular weight is 399 g/mol. The van der Waals surface area contributed by atoms with Crippen molar-refractivity contribution < 1.29 is 10.2 Å². The predicted molar refractivity (Wildman–Crippen MR) is 111 cm³/mol. The first-order valence-corrected chi connectivity index (χ1v) is 11.1. The van der Waals surface area contributed by atoms with Crippen LogP contribution in [0.3, 0.4) is 0 Å². The maximum Gasteiger partial charge on any atom is 0.227 e. The molecule has 0 spiro atoms. The number of anilines is 2. The van der Waals surface area contributed by atoms with Gasteiger partial charge in [-0.15, -0.1) is 11.8 Å². The van der Waals surface area contributed by atoms with Crippen molar-refractivity contribution in [3.05, 3.63) is 35.5 Å². The van der Waals surface area contributed by atoms with Crippen LogP contribution in [0.25, 0.3) is 0 Å². The molecule has 2 aromatic rings. The fourth-order valence-corrected chi connectivity index (χ4v) is 5.24. The number of nitrogens with one attached hydrogen (secondary N) is 1. The molecule has 1 aromatic heterocycles. The van der Waals surface area contributed by atoms with Crippen molar-refractivity contribution in [2.24, 2.45) is 0 Å². The number of aromatic hydroxyl groups is 1. The fraction of sp³-hybridized carbons (Fsp3) is 0.524. The van der Waals surface area contributed by atoms with Gasteiger partial charge in [-0.3, -0.25) is 0 Å². The first-order valence-electron chi connectivity index (χ1n) is 10.1. The number of nitrogens with zero attached hydrogens (tertiary/aromatic N) is 3. The number of aromatic nitrogens is 2. The van der Waals surface area contributed by atoms with Crippen LogP contribution in [0.2, 0.25) is 0 Å². The van der Waals surface area contributed by atoms with Crippen molar-refractivity contribution in [2.45, 2.75) is 48.5 Å². The molecule has 3 N–H and O–H groups in total. The third-order valence-corrected chi connectivity index (χ3v) is 7.29. The molecule has 2 fully saturated rings. The number of aliphatic hydroxyl groups excluding tert-OH is 1. The van der Waals surface area contributed by atoms with Gasteiger partial charge < -0.3 is 20.4 Å². The number of aryl methyl sites for hydroxylation is 1. The van der Waals surface area contributed by atoms with Gasteiger partial charge in [-0.2, -0.15) is 4.98 Å². The maximum absolute atomic E-state index is 9.75. The lowest BCUT2D eigenvalue weighted by Gasteiger charge is -2.33. The predicted octanol–water partition coefficient (Wildman–Crippen LogP) is 3.15. The molecule has 28 heavy (non-hydrogen) atoms. The zero-order valence-electron chi connectivity index (χ0n) is 15.9. The van der Waals surface area contributed by atoms with E-state index in [0.717, 1.165) is 73.3 Å². The van der Waals surface area contributed by atoms with Crippen LogP contribution in [0.4, 0.5) is 11.8 Å². The van der Waals surface area contributed by atoms with E-state index in [1.54, 1.807) is 6.07 Å². The number of rotatable bonds is 5. The van der Waals surface area contributed by atoms with Crippen molar-refractivity contribution in [1.29, 1.82) is 0 Å². The molecule has 1 aliphatic carbocycles. The summed E-state index contributed by atoms with van der Waals surface area (Å²) in [6, 6.07) is 7.64. The summed E-state index contributed by atoms with van der Waals surface area (Å²) in [6.45, 7) is 1.98. The van der Waals surface area contributed by atoms with Gasteiger partial charge in [0.05, 0.1) is 22.7 Å². The Balaban J connectivity index is 1.34. The van der Waals surface area contributed by atoms with Crippen LogP contribution >= 0.6 is 11.8 Å². The molecule has 1 aromatic carbocycles. The summed E-state index contributed by atoms with van der Waals surface area (Å²) in [5.74, 6) is 3.58. The van der Waals surface area contributed by atoms with Crippen LogP contribution in [0, 0.1) is 0 Å². The van der Waals surface area contributed by atoms with Crippen molar-refractivity contribution in [3.8, 4) is 5.75 Å². The summed E-state index contributed by atoms with van der Waals surface area (Å²) in [7, 11) is 0. The molecule has 148 valence electrons. The molecule has 5 rings (SSSR count). The zero-order valence-corrected chi connectivity index (χ0v) is 16.7. The summed E-state index contributed by atoms with van der Waals surface area (Å²) < 4.78 is 0. The summed E-state index contributed by atoms with van der Waals surface area (Å²) in [5, 5.41) is 23.0. The zero-order chi connectivity index (χ0) is 19.1. The number of benzene rings is 1. The van der Waals surface area contributed by atoms with Crippen LogP contribution in [0.15, 0.2) is 29.2 Å². The number of aliphatic hydroxyl groups is 1. The Labute approximate surface area is 169 Å². The van der Waals surface area contributed by atoms with E-state index in [4.69, 9.17) is 9.97 Å². The minimum Gasteiger partial charge on any atom is -0.508 e.